The molecule has 2 aliphatic rings. The van der Waals surface area contributed by atoms with Crippen LogP contribution in [0.3, 0.4) is 0 Å². The van der Waals surface area contributed by atoms with Crippen molar-refractivity contribution in [1.29, 1.82) is 0 Å². The number of rotatable bonds is 7. The predicted octanol–water partition coefficient (Wildman–Crippen LogP) is 5.68. The van der Waals surface area contributed by atoms with Gasteiger partial charge in [-0.05, 0) is 49.8 Å². The summed E-state index contributed by atoms with van der Waals surface area (Å²) in [6.45, 7) is 5.22. The molecule has 40 heavy (non-hydrogen) atoms. The Morgan fingerprint density at radius 1 is 1.12 bits per heavy atom. The van der Waals surface area contributed by atoms with Crippen LogP contribution in [0.1, 0.15) is 39.7 Å². The van der Waals surface area contributed by atoms with Crippen molar-refractivity contribution in [3.63, 3.8) is 0 Å². The lowest BCUT2D eigenvalue weighted by atomic mass is 10.0. The van der Waals surface area contributed by atoms with E-state index in [1.165, 1.54) is 0 Å². The Morgan fingerprint density at radius 2 is 1.98 bits per heavy atom. The van der Waals surface area contributed by atoms with Crippen LogP contribution in [0.25, 0.3) is 16.9 Å². The molecule has 2 atom stereocenters. The van der Waals surface area contributed by atoms with E-state index in [0.29, 0.717) is 12.4 Å². The first-order valence-corrected chi connectivity index (χ1v) is 15.5. The van der Waals surface area contributed by atoms with E-state index in [0.717, 1.165) is 58.0 Å². The van der Waals surface area contributed by atoms with Crippen LogP contribution in [0.5, 0.6) is 0 Å². The second-order valence-electron chi connectivity index (χ2n) is 10.3. The molecule has 0 aliphatic carbocycles. The molecule has 2 amide bonds. The number of thioether (sulfide) groups is 1. The summed E-state index contributed by atoms with van der Waals surface area (Å²) in [5.41, 5.74) is 5.83. The summed E-state index contributed by atoms with van der Waals surface area (Å²) in [6.07, 6.45) is 1.97. The molecule has 4 aromatic rings. The fourth-order valence-corrected chi connectivity index (χ4v) is 7.61. The number of carbonyl (C=O) groups is 2. The van der Waals surface area contributed by atoms with E-state index in [9.17, 15) is 9.59 Å². The normalized spacial score (nSPS) is 18.9. The van der Waals surface area contributed by atoms with Gasteiger partial charge < -0.3 is 10.1 Å². The Balaban J connectivity index is 1.52. The van der Waals surface area contributed by atoms with E-state index in [-0.39, 0.29) is 35.5 Å². The number of aromatic nitrogens is 2. The fourth-order valence-electron chi connectivity index (χ4n) is 5.44. The van der Waals surface area contributed by atoms with Crippen molar-refractivity contribution in [1.82, 2.24) is 15.1 Å². The minimum atomic E-state index is -0.205. The molecule has 0 saturated carbocycles. The lowest BCUT2D eigenvalue weighted by molar-refractivity contribution is -0.123. The Morgan fingerprint density at radius 3 is 2.70 bits per heavy atom. The third kappa shape index (κ3) is 5.33. The van der Waals surface area contributed by atoms with E-state index < -0.39 is 0 Å². The van der Waals surface area contributed by atoms with E-state index >= 15 is 0 Å². The number of ether oxygens (including phenoxy) is 1. The van der Waals surface area contributed by atoms with Gasteiger partial charge in [0.2, 0.25) is 11.8 Å². The summed E-state index contributed by atoms with van der Waals surface area (Å²) in [7, 11) is 0. The van der Waals surface area contributed by atoms with Crippen molar-refractivity contribution in [2.45, 2.75) is 38.0 Å². The van der Waals surface area contributed by atoms with Crippen LogP contribution in [0.2, 0.25) is 0 Å². The average Bonchev–Trinajstić information content (AvgIpc) is 3.72. The van der Waals surface area contributed by atoms with Gasteiger partial charge in [0.25, 0.3) is 0 Å². The summed E-state index contributed by atoms with van der Waals surface area (Å²) < 4.78 is 7.57. The summed E-state index contributed by atoms with van der Waals surface area (Å²) in [6, 6.07) is 20.5. The smallest absolute Gasteiger partial charge is 0.240 e. The van der Waals surface area contributed by atoms with Crippen LogP contribution in [0, 0.1) is 13.8 Å². The number of nitrogens with one attached hydrogen (secondary N) is 1. The highest BCUT2D eigenvalue weighted by Gasteiger charge is 2.38. The van der Waals surface area contributed by atoms with Crippen LogP contribution in [0.15, 0.2) is 66.0 Å². The number of hydrogen-bond donors (Lipinski definition) is 1. The Labute approximate surface area is 242 Å². The van der Waals surface area contributed by atoms with E-state index in [1.54, 1.807) is 28.0 Å². The van der Waals surface area contributed by atoms with Gasteiger partial charge in [-0.1, -0.05) is 54.1 Å². The quantitative estimate of drug-likeness (QED) is 0.308. The molecule has 0 unspecified atom stereocenters. The Hall–Kier alpha value is -3.40. The van der Waals surface area contributed by atoms with Gasteiger partial charge in [-0.25, -0.2) is 4.68 Å². The molecule has 0 bridgehead atoms. The Kier molecular flexibility index (Phi) is 7.78. The van der Waals surface area contributed by atoms with Gasteiger partial charge in [-0.2, -0.15) is 5.10 Å². The zero-order valence-corrected chi connectivity index (χ0v) is 24.3. The largest absolute Gasteiger partial charge is 0.376 e. The third-order valence-electron chi connectivity index (χ3n) is 7.37. The van der Waals surface area contributed by atoms with Crippen LogP contribution in [-0.2, 0) is 14.3 Å². The van der Waals surface area contributed by atoms with Gasteiger partial charge in [0.15, 0.2) is 0 Å². The summed E-state index contributed by atoms with van der Waals surface area (Å²) in [5.74, 6) is 0.607. The number of nitrogens with zero attached hydrogens (tertiary/aromatic N) is 3. The van der Waals surface area contributed by atoms with Crippen molar-refractivity contribution in [2.24, 2.45) is 0 Å². The number of fused-ring (bicyclic) bond motifs is 1. The van der Waals surface area contributed by atoms with Crippen molar-refractivity contribution < 1.29 is 14.3 Å². The second kappa shape index (κ2) is 11.6. The molecule has 9 heteroatoms. The highest BCUT2D eigenvalue weighted by atomic mass is 32.2. The minimum Gasteiger partial charge on any atom is -0.376 e. The second-order valence-corrected chi connectivity index (χ2v) is 12.4. The topological polar surface area (TPSA) is 76.5 Å². The Bertz CT molecular complexity index is 1510. The van der Waals surface area contributed by atoms with E-state index in [2.05, 4.69) is 54.9 Å². The number of amides is 2. The van der Waals surface area contributed by atoms with Crippen molar-refractivity contribution in [3.05, 3.63) is 87.6 Å². The molecule has 1 saturated heterocycles. The maximum absolute atomic E-state index is 13.8. The monoisotopic (exact) mass is 572 g/mol. The van der Waals surface area contributed by atoms with Crippen molar-refractivity contribution in [3.8, 4) is 16.9 Å². The molecule has 0 radical (unpaired) electrons. The van der Waals surface area contributed by atoms with Crippen LogP contribution >= 0.6 is 23.1 Å². The molecule has 6 rings (SSSR count). The molecular weight excluding hydrogens is 541 g/mol. The summed E-state index contributed by atoms with van der Waals surface area (Å²) in [5, 5.41) is 10.2. The van der Waals surface area contributed by atoms with Crippen LogP contribution < -0.4 is 10.2 Å². The molecule has 206 valence electrons. The lowest BCUT2D eigenvalue weighted by Crippen LogP contribution is -2.44. The molecule has 2 aromatic heterocycles. The van der Waals surface area contributed by atoms with Crippen LogP contribution in [-0.4, -0.2) is 53.1 Å². The number of thiophene rings is 1. The summed E-state index contributed by atoms with van der Waals surface area (Å²) in [4.78, 5) is 29.9. The fraction of sp³-hybridized carbons (Fsp3) is 0.323. The number of carbonyl (C=O) groups excluding carboxylic acids is 2. The molecule has 1 fully saturated rings. The molecule has 0 spiro atoms. The summed E-state index contributed by atoms with van der Waals surface area (Å²) >= 11 is 3.27. The minimum absolute atomic E-state index is 0.0310. The van der Waals surface area contributed by atoms with Gasteiger partial charge >= 0.3 is 0 Å². The zero-order chi connectivity index (χ0) is 27.6. The first-order valence-electron chi connectivity index (χ1n) is 13.6. The van der Waals surface area contributed by atoms with Gasteiger partial charge in [0.1, 0.15) is 12.4 Å². The molecule has 4 heterocycles. The highest BCUT2D eigenvalue weighted by Crippen LogP contribution is 2.49. The van der Waals surface area contributed by atoms with Gasteiger partial charge in [-0.15, -0.1) is 23.1 Å². The van der Waals surface area contributed by atoms with Crippen molar-refractivity contribution in [2.75, 3.05) is 30.3 Å². The van der Waals surface area contributed by atoms with Gasteiger partial charge in [0.05, 0.1) is 28.5 Å². The highest BCUT2D eigenvalue weighted by molar-refractivity contribution is 8.00. The number of aryl methyl sites for hydroxylation is 2. The molecule has 2 aromatic carbocycles. The number of anilines is 1. The number of benzene rings is 2. The first-order chi connectivity index (χ1) is 19.5. The zero-order valence-electron chi connectivity index (χ0n) is 22.6. The predicted molar refractivity (Wildman–Crippen MR) is 161 cm³/mol. The first kappa shape index (κ1) is 26.8. The third-order valence-corrected chi connectivity index (χ3v) is 9.69. The maximum Gasteiger partial charge on any atom is 0.240 e. The molecule has 7 nitrogen and oxygen atoms in total. The average molecular weight is 573 g/mol. The van der Waals surface area contributed by atoms with Crippen molar-refractivity contribution >= 4 is 40.7 Å². The maximum atomic E-state index is 13.8. The lowest BCUT2D eigenvalue weighted by Gasteiger charge is -2.24. The molecule has 2 aliphatic heterocycles. The van der Waals surface area contributed by atoms with Gasteiger partial charge in [-0.3, -0.25) is 14.5 Å². The SMILES string of the molecule is Cc1ccc(-n2nc(-c3ccccc3)c3c2N(CC(=O)NC[C@@H]2CCCO2)C(=O)CS[C@@H]3c2cccs2)c(C)c1. The molecular formula is C31H32N4O3S2. The standard InChI is InChI=1S/C31H32N4O3S2/c1-20-12-13-24(21(2)16-20)35-31-28(29(33-35)22-8-4-3-5-9-22)30(25-11-7-15-39-25)40-19-27(37)34(31)18-26(36)32-17-23-10-6-14-38-23/h3-5,7-9,11-13,15-16,23,30H,6,10,14,17-19H2,1-2H3,(H,32,36)/t23-,30+/m0/s1. The van der Waals surface area contributed by atoms with Crippen LogP contribution in [0.4, 0.5) is 5.82 Å². The van der Waals surface area contributed by atoms with E-state index in [1.807, 2.05) is 35.0 Å². The number of hydrogen-bond acceptors (Lipinski definition) is 6. The van der Waals surface area contributed by atoms with E-state index in [4.69, 9.17) is 9.84 Å². The van der Waals surface area contributed by atoms with Gasteiger partial charge in [0, 0.05) is 29.2 Å². The molecule has 1 N–H and O–H groups in total.